The third-order valence-corrected chi connectivity index (χ3v) is 4.01. The Balaban J connectivity index is 2.43. The van der Waals surface area contributed by atoms with Gasteiger partial charge in [0, 0.05) is 7.05 Å². The number of para-hydroxylation sites is 2. The Morgan fingerprint density at radius 3 is 2.63 bits per heavy atom. The number of aromatic nitrogens is 2. The van der Waals surface area contributed by atoms with Crippen molar-refractivity contribution < 1.29 is 13.2 Å². The van der Waals surface area contributed by atoms with Crippen molar-refractivity contribution in [3.05, 3.63) is 30.6 Å². The highest BCUT2D eigenvalue weighted by Crippen LogP contribution is 2.27. The summed E-state index contributed by atoms with van der Waals surface area (Å²) in [5.74, 6) is 0.372. The average Bonchev–Trinajstić information content (AvgIpc) is 2.70. The summed E-state index contributed by atoms with van der Waals surface area (Å²) in [5, 5.41) is -0.0848. The minimum atomic E-state index is -3.82. The van der Waals surface area contributed by atoms with Gasteiger partial charge >= 0.3 is 0 Å². The van der Waals surface area contributed by atoms with Crippen LogP contribution in [-0.2, 0) is 17.1 Å². The Kier molecular flexibility index (Phi) is 3.34. The van der Waals surface area contributed by atoms with Gasteiger partial charge in [-0.3, -0.25) is 4.72 Å². The lowest BCUT2D eigenvalue weighted by Gasteiger charge is -2.12. The molecule has 0 fully saturated rings. The fraction of sp³-hybridized carbons (Fsp3) is 0.182. The second-order valence-corrected chi connectivity index (χ2v) is 5.45. The molecule has 19 heavy (non-hydrogen) atoms. The van der Waals surface area contributed by atoms with Gasteiger partial charge in [-0.05, 0) is 12.1 Å². The van der Waals surface area contributed by atoms with Crippen LogP contribution in [0.3, 0.4) is 0 Å². The zero-order valence-corrected chi connectivity index (χ0v) is 11.3. The molecule has 7 nitrogen and oxygen atoms in total. The topological polar surface area (TPSA) is 99.2 Å². The van der Waals surface area contributed by atoms with Crippen molar-refractivity contribution in [3.63, 3.8) is 0 Å². The number of hydrogen-bond donors (Lipinski definition) is 2. The summed E-state index contributed by atoms with van der Waals surface area (Å²) < 4.78 is 33.4. The standard InChI is InChI=1S/C11H14N4O3S/c1-15-7-13-10(12)11(15)19(16,17)14-8-5-3-4-6-9(8)18-2/h3-7,14H,12H2,1-2H3. The minimum Gasteiger partial charge on any atom is -0.495 e. The maximum absolute atomic E-state index is 12.3. The molecule has 8 heteroatoms. The third-order valence-electron chi connectivity index (χ3n) is 2.52. The summed E-state index contributed by atoms with van der Waals surface area (Å²) in [7, 11) is -0.799. The van der Waals surface area contributed by atoms with E-state index in [2.05, 4.69) is 9.71 Å². The van der Waals surface area contributed by atoms with E-state index in [1.54, 1.807) is 31.3 Å². The molecule has 0 atom stereocenters. The molecule has 0 saturated carbocycles. The first-order valence-electron chi connectivity index (χ1n) is 5.38. The Bertz CT molecular complexity index is 674. The van der Waals surface area contributed by atoms with Crippen LogP contribution in [0.15, 0.2) is 35.6 Å². The normalized spacial score (nSPS) is 11.3. The summed E-state index contributed by atoms with van der Waals surface area (Å²) in [6.45, 7) is 0. The molecule has 3 N–H and O–H groups in total. The maximum Gasteiger partial charge on any atom is 0.281 e. The molecule has 0 saturated heterocycles. The van der Waals surface area contributed by atoms with Gasteiger partial charge in [-0.15, -0.1) is 0 Å². The molecule has 1 heterocycles. The molecular weight excluding hydrogens is 268 g/mol. The van der Waals surface area contributed by atoms with Gasteiger partial charge in [-0.2, -0.15) is 8.42 Å². The van der Waals surface area contributed by atoms with Crippen molar-refractivity contribution in [3.8, 4) is 5.75 Å². The highest BCUT2D eigenvalue weighted by molar-refractivity contribution is 7.92. The fourth-order valence-electron chi connectivity index (χ4n) is 1.69. The van der Waals surface area contributed by atoms with E-state index in [1.165, 1.54) is 18.0 Å². The molecule has 0 amide bonds. The van der Waals surface area contributed by atoms with Gasteiger partial charge in [0.25, 0.3) is 10.0 Å². The number of imidazole rings is 1. The number of rotatable bonds is 4. The highest BCUT2D eigenvalue weighted by atomic mass is 32.2. The zero-order chi connectivity index (χ0) is 14.0. The van der Waals surface area contributed by atoms with Gasteiger partial charge in [0.15, 0.2) is 10.8 Å². The van der Waals surface area contributed by atoms with E-state index in [4.69, 9.17) is 10.5 Å². The summed E-state index contributed by atoms with van der Waals surface area (Å²) in [6, 6.07) is 6.70. The predicted molar refractivity (Wildman–Crippen MR) is 71.4 cm³/mol. The fourth-order valence-corrected chi connectivity index (χ4v) is 3.00. The number of sulfonamides is 1. The van der Waals surface area contributed by atoms with Gasteiger partial charge in [0.2, 0.25) is 0 Å². The average molecular weight is 282 g/mol. The van der Waals surface area contributed by atoms with E-state index in [9.17, 15) is 8.42 Å². The molecule has 0 radical (unpaired) electrons. The Morgan fingerprint density at radius 1 is 1.37 bits per heavy atom. The molecule has 2 aromatic rings. The van der Waals surface area contributed by atoms with E-state index in [1.807, 2.05) is 0 Å². The summed E-state index contributed by atoms with van der Waals surface area (Å²) in [5.41, 5.74) is 5.91. The lowest BCUT2D eigenvalue weighted by Crippen LogP contribution is -2.18. The highest BCUT2D eigenvalue weighted by Gasteiger charge is 2.23. The van der Waals surface area contributed by atoms with Gasteiger partial charge in [0.05, 0.1) is 19.1 Å². The molecule has 0 unspecified atom stereocenters. The summed E-state index contributed by atoms with van der Waals surface area (Å²) in [4.78, 5) is 3.76. The van der Waals surface area contributed by atoms with Gasteiger partial charge in [0.1, 0.15) is 5.75 Å². The number of methoxy groups -OCH3 is 1. The van der Waals surface area contributed by atoms with Gasteiger partial charge in [-0.1, -0.05) is 12.1 Å². The van der Waals surface area contributed by atoms with E-state index in [-0.39, 0.29) is 10.8 Å². The van der Waals surface area contributed by atoms with E-state index >= 15 is 0 Å². The monoisotopic (exact) mass is 282 g/mol. The molecular formula is C11H14N4O3S. The first-order chi connectivity index (χ1) is 8.95. The van der Waals surface area contributed by atoms with Crippen LogP contribution >= 0.6 is 0 Å². The molecule has 1 aromatic carbocycles. The van der Waals surface area contributed by atoms with E-state index < -0.39 is 10.0 Å². The second-order valence-electron chi connectivity index (χ2n) is 3.85. The quantitative estimate of drug-likeness (QED) is 0.864. The van der Waals surface area contributed by atoms with Crippen LogP contribution in [0, 0.1) is 0 Å². The van der Waals surface area contributed by atoms with Crippen LogP contribution in [0.25, 0.3) is 0 Å². The number of anilines is 2. The molecule has 0 aliphatic carbocycles. The van der Waals surface area contributed by atoms with Crippen LogP contribution in [0.1, 0.15) is 0 Å². The second kappa shape index (κ2) is 4.81. The van der Waals surface area contributed by atoms with Crippen LogP contribution in [0.5, 0.6) is 5.75 Å². The molecule has 102 valence electrons. The molecule has 0 aliphatic heterocycles. The molecule has 0 spiro atoms. The predicted octanol–water partition coefficient (Wildman–Crippen LogP) is 0.812. The SMILES string of the molecule is COc1ccccc1NS(=O)(=O)c1c(N)ncn1C. The van der Waals surface area contributed by atoms with Gasteiger partial charge in [-0.25, -0.2) is 4.98 Å². The number of ether oxygens (including phenoxy) is 1. The van der Waals surface area contributed by atoms with Gasteiger partial charge < -0.3 is 15.0 Å². The molecule has 0 bridgehead atoms. The minimum absolute atomic E-state index is 0.0510. The van der Waals surface area contributed by atoms with Crippen molar-refractivity contribution in [1.29, 1.82) is 0 Å². The number of hydrogen-bond acceptors (Lipinski definition) is 5. The number of nitrogens with two attached hydrogens (primary N) is 1. The largest absolute Gasteiger partial charge is 0.495 e. The number of aryl methyl sites for hydroxylation is 1. The zero-order valence-electron chi connectivity index (χ0n) is 10.5. The number of nitrogens with one attached hydrogen (secondary N) is 1. The van der Waals surface area contributed by atoms with Crippen LogP contribution in [0.2, 0.25) is 0 Å². The Morgan fingerprint density at radius 2 is 2.05 bits per heavy atom. The number of nitrogens with zero attached hydrogens (tertiary/aromatic N) is 2. The first kappa shape index (κ1) is 13.2. The molecule has 2 rings (SSSR count). The lowest BCUT2D eigenvalue weighted by atomic mass is 10.3. The van der Waals surface area contributed by atoms with Crippen LogP contribution in [0.4, 0.5) is 11.5 Å². The third kappa shape index (κ3) is 2.48. The van der Waals surface area contributed by atoms with E-state index in [0.29, 0.717) is 11.4 Å². The summed E-state index contributed by atoms with van der Waals surface area (Å²) >= 11 is 0. The van der Waals surface area contributed by atoms with Crippen LogP contribution < -0.4 is 15.2 Å². The first-order valence-corrected chi connectivity index (χ1v) is 6.86. The van der Waals surface area contributed by atoms with E-state index in [0.717, 1.165) is 0 Å². The van der Waals surface area contributed by atoms with Crippen molar-refractivity contribution >= 4 is 21.5 Å². The van der Waals surface area contributed by atoms with Crippen molar-refractivity contribution in [2.45, 2.75) is 5.03 Å². The van der Waals surface area contributed by atoms with Crippen LogP contribution in [-0.4, -0.2) is 25.1 Å². The van der Waals surface area contributed by atoms with Crippen molar-refractivity contribution in [2.75, 3.05) is 17.6 Å². The summed E-state index contributed by atoms with van der Waals surface area (Å²) in [6.07, 6.45) is 1.34. The van der Waals surface area contributed by atoms with Crippen molar-refractivity contribution in [1.82, 2.24) is 9.55 Å². The Labute approximate surface area is 111 Å². The lowest BCUT2D eigenvalue weighted by molar-refractivity contribution is 0.417. The molecule has 1 aromatic heterocycles. The Hall–Kier alpha value is -2.22. The van der Waals surface area contributed by atoms with Crippen molar-refractivity contribution in [2.24, 2.45) is 7.05 Å². The number of nitrogen functional groups attached to an aromatic ring is 1. The maximum atomic E-state index is 12.3. The molecule has 0 aliphatic rings. The number of benzene rings is 1. The smallest absolute Gasteiger partial charge is 0.281 e.